The molecule has 6 heteroatoms. The fourth-order valence-corrected chi connectivity index (χ4v) is 3.94. The zero-order valence-electron chi connectivity index (χ0n) is 12.9. The number of hydrogen-bond acceptors (Lipinski definition) is 2. The molecular formula is C17H21F3N2O. The SMILES string of the molecule is O=C1C[C@H](C(F)(F)F)C2(CCNCC2)CN1Cc1ccccc1. The summed E-state index contributed by atoms with van der Waals surface area (Å²) in [5.41, 5.74) is 0.113. The molecule has 0 saturated carbocycles. The molecule has 1 aromatic rings. The zero-order valence-corrected chi connectivity index (χ0v) is 12.9. The summed E-state index contributed by atoms with van der Waals surface area (Å²) in [6, 6.07) is 9.44. The molecule has 2 aliphatic heterocycles. The van der Waals surface area contributed by atoms with Crippen LogP contribution in [0.1, 0.15) is 24.8 Å². The van der Waals surface area contributed by atoms with Crippen LogP contribution in [0.2, 0.25) is 0 Å². The first-order valence-corrected chi connectivity index (χ1v) is 8.00. The normalized spacial score (nSPS) is 24.9. The molecular weight excluding hydrogens is 305 g/mol. The van der Waals surface area contributed by atoms with Crippen molar-refractivity contribution < 1.29 is 18.0 Å². The minimum absolute atomic E-state index is 0.201. The Bertz CT molecular complexity index is 553. The Morgan fingerprint density at radius 2 is 1.83 bits per heavy atom. The van der Waals surface area contributed by atoms with Crippen LogP contribution in [0.4, 0.5) is 13.2 Å². The van der Waals surface area contributed by atoms with Crippen LogP contribution in [0, 0.1) is 11.3 Å². The first-order chi connectivity index (χ1) is 10.9. The average Bonchev–Trinajstić information content (AvgIpc) is 2.51. The summed E-state index contributed by atoms with van der Waals surface area (Å²) in [5, 5.41) is 3.13. The van der Waals surface area contributed by atoms with Crippen molar-refractivity contribution >= 4 is 5.91 Å². The molecule has 0 unspecified atom stereocenters. The highest BCUT2D eigenvalue weighted by atomic mass is 19.4. The van der Waals surface area contributed by atoms with Crippen molar-refractivity contribution in [2.45, 2.75) is 32.0 Å². The van der Waals surface area contributed by atoms with Crippen molar-refractivity contribution in [1.82, 2.24) is 10.2 Å². The molecule has 3 rings (SSSR count). The highest BCUT2D eigenvalue weighted by Crippen LogP contribution is 2.50. The number of nitrogens with one attached hydrogen (secondary N) is 1. The first kappa shape index (κ1) is 16.3. The molecule has 2 heterocycles. The minimum atomic E-state index is -4.31. The minimum Gasteiger partial charge on any atom is -0.338 e. The molecule has 0 aliphatic carbocycles. The number of nitrogens with zero attached hydrogens (tertiary/aromatic N) is 1. The molecule has 126 valence electrons. The number of carbonyl (C=O) groups excluding carboxylic acids is 1. The van der Waals surface area contributed by atoms with Gasteiger partial charge in [-0.25, -0.2) is 0 Å². The lowest BCUT2D eigenvalue weighted by Gasteiger charge is -2.50. The van der Waals surface area contributed by atoms with E-state index in [0.29, 0.717) is 32.5 Å². The summed E-state index contributed by atoms with van der Waals surface area (Å²) in [5.74, 6) is -1.91. The lowest BCUT2D eigenvalue weighted by Crippen LogP contribution is -2.58. The molecule has 23 heavy (non-hydrogen) atoms. The van der Waals surface area contributed by atoms with E-state index in [4.69, 9.17) is 0 Å². The maximum Gasteiger partial charge on any atom is 0.392 e. The Hall–Kier alpha value is -1.56. The maximum atomic E-state index is 13.5. The van der Waals surface area contributed by atoms with E-state index in [9.17, 15) is 18.0 Å². The number of benzene rings is 1. The quantitative estimate of drug-likeness (QED) is 0.906. The van der Waals surface area contributed by atoms with E-state index in [0.717, 1.165) is 5.56 Å². The van der Waals surface area contributed by atoms with E-state index in [-0.39, 0.29) is 12.5 Å². The van der Waals surface area contributed by atoms with E-state index < -0.39 is 23.9 Å². The molecule has 1 spiro atoms. The van der Waals surface area contributed by atoms with Crippen molar-refractivity contribution in [3.63, 3.8) is 0 Å². The lowest BCUT2D eigenvalue weighted by molar-refractivity contribution is -0.228. The van der Waals surface area contributed by atoms with E-state index in [2.05, 4.69) is 5.32 Å². The number of amides is 1. The molecule has 1 amide bonds. The highest BCUT2D eigenvalue weighted by Gasteiger charge is 2.57. The van der Waals surface area contributed by atoms with E-state index in [1.165, 1.54) is 0 Å². The molecule has 2 fully saturated rings. The standard InChI is InChI=1S/C17H21F3N2O/c18-17(19,20)14-10-15(23)22(11-13-4-2-1-3-5-13)12-16(14)6-8-21-9-7-16/h1-5,14,21H,6-12H2/t14-/m0/s1. The molecule has 0 radical (unpaired) electrons. The van der Waals surface area contributed by atoms with Crippen LogP contribution in [-0.2, 0) is 11.3 Å². The van der Waals surface area contributed by atoms with Crippen molar-refractivity contribution in [3.8, 4) is 0 Å². The van der Waals surface area contributed by atoms with Gasteiger partial charge >= 0.3 is 6.18 Å². The zero-order chi connectivity index (χ0) is 16.5. The van der Waals surface area contributed by atoms with Gasteiger partial charge in [0.2, 0.25) is 5.91 Å². The van der Waals surface area contributed by atoms with Gasteiger partial charge in [-0.3, -0.25) is 4.79 Å². The third-order valence-electron chi connectivity index (χ3n) is 5.19. The van der Waals surface area contributed by atoms with Crippen LogP contribution < -0.4 is 5.32 Å². The summed E-state index contributed by atoms with van der Waals surface area (Å²) >= 11 is 0. The van der Waals surface area contributed by atoms with E-state index >= 15 is 0 Å². The van der Waals surface area contributed by atoms with Crippen molar-refractivity contribution in [1.29, 1.82) is 0 Å². The van der Waals surface area contributed by atoms with Crippen molar-refractivity contribution in [2.24, 2.45) is 11.3 Å². The Morgan fingerprint density at radius 3 is 2.43 bits per heavy atom. The summed E-state index contributed by atoms with van der Waals surface area (Å²) in [7, 11) is 0. The predicted molar refractivity (Wildman–Crippen MR) is 80.6 cm³/mol. The summed E-state index contributed by atoms with van der Waals surface area (Å²) in [6.07, 6.45) is -3.80. The average molecular weight is 326 g/mol. The maximum absolute atomic E-state index is 13.5. The monoisotopic (exact) mass is 326 g/mol. The predicted octanol–water partition coefficient (Wildman–Crippen LogP) is 2.97. The summed E-state index contributed by atoms with van der Waals surface area (Å²) in [4.78, 5) is 13.9. The molecule has 0 aromatic heterocycles. The van der Waals surface area contributed by atoms with Gasteiger partial charge in [-0.15, -0.1) is 0 Å². The van der Waals surface area contributed by atoms with Crippen LogP contribution in [0.3, 0.4) is 0 Å². The molecule has 0 bridgehead atoms. The molecule has 2 saturated heterocycles. The Kier molecular flexibility index (Phi) is 4.36. The summed E-state index contributed by atoms with van der Waals surface area (Å²) < 4.78 is 40.5. The number of alkyl halides is 3. The second-order valence-electron chi connectivity index (χ2n) is 6.65. The van der Waals surface area contributed by atoms with Gasteiger partial charge in [0, 0.05) is 24.9 Å². The number of carbonyl (C=O) groups is 1. The lowest BCUT2D eigenvalue weighted by atomic mass is 9.65. The number of rotatable bonds is 2. The number of piperidine rings is 2. The Morgan fingerprint density at radius 1 is 1.17 bits per heavy atom. The third kappa shape index (κ3) is 3.37. The first-order valence-electron chi connectivity index (χ1n) is 8.00. The van der Waals surface area contributed by atoms with Gasteiger partial charge < -0.3 is 10.2 Å². The topological polar surface area (TPSA) is 32.3 Å². The Labute approximate surface area is 133 Å². The van der Waals surface area contributed by atoms with Crippen LogP contribution in [-0.4, -0.2) is 36.6 Å². The smallest absolute Gasteiger partial charge is 0.338 e. The number of likely N-dealkylation sites (tertiary alicyclic amines) is 1. The summed E-state index contributed by atoms with van der Waals surface area (Å²) in [6.45, 7) is 1.76. The van der Waals surface area contributed by atoms with Crippen molar-refractivity contribution in [2.75, 3.05) is 19.6 Å². The van der Waals surface area contributed by atoms with Gasteiger partial charge in [0.25, 0.3) is 0 Å². The van der Waals surface area contributed by atoms with Gasteiger partial charge in [0.15, 0.2) is 0 Å². The van der Waals surface area contributed by atoms with Crippen LogP contribution in [0.15, 0.2) is 30.3 Å². The van der Waals surface area contributed by atoms with Gasteiger partial charge in [-0.1, -0.05) is 30.3 Å². The Balaban J connectivity index is 1.84. The second kappa shape index (κ2) is 6.15. The molecule has 1 aromatic carbocycles. The number of hydrogen-bond donors (Lipinski definition) is 1. The van der Waals surface area contributed by atoms with Crippen LogP contribution in [0.5, 0.6) is 0 Å². The van der Waals surface area contributed by atoms with Crippen LogP contribution >= 0.6 is 0 Å². The van der Waals surface area contributed by atoms with Crippen LogP contribution in [0.25, 0.3) is 0 Å². The molecule has 1 atom stereocenters. The third-order valence-corrected chi connectivity index (χ3v) is 5.19. The van der Waals surface area contributed by atoms with E-state index in [1.807, 2.05) is 30.3 Å². The fourth-order valence-electron chi connectivity index (χ4n) is 3.94. The van der Waals surface area contributed by atoms with Crippen molar-refractivity contribution in [3.05, 3.63) is 35.9 Å². The van der Waals surface area contributed by atoms with Gasteiger partial charge in [0.05, 0.1) is 5.92 Å². The fraction of sp³-hybridized carbons (Fsp3) is 0.588. The van der Waals surface area contributed by atoms with Gasteiger partial charge in [-0.2, -0.15) is 13.2 Å². The number of halogens is 3. The highest BCUT2D eigenvalue weighted by molar-refractivity contribution is 5.77. The van der Waals surface area contributed by atoms with Gasteiger partial charge in [-0.05, 0) is 31.5 Å². The molecule has 1 N–H and O–H groups in total. The molecule has 2 aliphatic rings. The largest absolute Gasteiger partial charge is 0.392 e. The molecule has 3 nitrogen and oxygen atoms in total. The van der Waals surface area contributed by atoms with E-state index in [1.54, 1.807) is 4.90 Å². The van der Waals surface area contributed by atoms with Gasteiger partial charge in [0.1, 0.15) is 0 Å². The second-order valence-corrected chi connectivity index (χ2v) is 6.65.